The quantitative estimate of drug-likeness (QED) is 0.515. The number of carbonyl (C=O) groups is 1. The molecule has 0 bridgehead atoms. The minimum absolute atomic E-state index is 0.00647. The second-order valence-corrected chi connectivity index (χ2v) is 8.04. The van der Waals surface area contributed by atoms with Gasteiger partial charge in [0.05, 0.1) is 20.3 Å². The van der Waals surface area contributed by atoms with Gasteiger partial charge in [0.25, 0.3) is 5.91 Å². The van der Waals surface area contributed by atoms with Gasteiger partial charge in [0.15, 0.2) is 11.5 Å². The molecule has 1 aliphatic rings. The Morgan fingerprint density at radius 1 is 1.00 bits per heavy atom. The van der Waals surface area contributed by atoms with Crippen LogP contribution >= 0.6 is 11.6 Å². The van der Waals surface area contributed by atoms with E-state index in [2.05, 4.69) is 6.92 Å². The number of halogens is 1. The molecule has 0 saturated heterocycles. The summed E-state index contributed by atoms with van der Waals surface area (Å²) >= 11 is 6.62. The van der Waals surface area contributed by atoms with Gasteiger partial charge in [-0.05, 0) is 65.4 Å². The van der Waals surface area contributed by atoms with E-state index in [9.17, 15) is 4.79 Å². The van der Waals surface area contributed by atoms with Crippen LogP contribution in [-0.2, 0) is 12.8 Å². The third kappa shape index (κ3) is 4.00. The van der Waals surface area contributed by atoms with Crippen molar-refractivity contribution in [3.8, 4) is 11.5 Å². The fourth-order valence-electron chi connectivity index (χ4n) is 4.25. The number of nitrogens with zero attached hydrogens (tertiary/aromatic N) is 1. The van der Waals surface area contributed by atoms with Gasteiger partial charge in [0.2, 0.25) is 0 Å². The summed E-state index contributed by atoms with van der Waals surface area (Å²) < 4.78 is 11.1. The highest BCUT2D eigenvalue weighted by molar-refractivity contribution is 6.31. The lowest BCUT2D eigenvalue weighted by Crippen LogP contribution is -2.40. The molecule has 3 aromatic rings. The molecule has 1 atom stereocenters. The van der Waals surface area contributed by atoms with Gasteiger partial charge in [-0.3, -0.25) is 4.79 Å². The van der Waals surface area contributed by atoms with Crippen molar-refractivity contribution in [2.24, 2.45) is 0 Å². The second-order valence-electron chi connectivity index (χ2n) is 7.63. The van der Waals surface area contributed by atoms with E-state index in [1.807, 2.05) is 65.6 Å². The van der Waals surface area contributed by atoms with Crippen molar-refractivity contribution in [3.63, 3.8) is 0 Å². The molecule has 0 N–H and O–H groups in total. The molecule has 4 nitrogen and oxygen atoms in total. The first-order valence-electron chi connectivity index (χ1n) is 10.5. The maximum absolute atomic E-state index is 13.6. The number of hydrogen-bond donors (Lipinski definition) is 0. The Morgan fingerprint density at radius 2 is 1.68 bits per heavy atom. The van der Waals surface area contributed by atoms with Gasteiger partial charge in [-0.1, -0.05) is 48.9 Å². The smallest absolute Gasteiger partial charge is 0.254 e. The standard InChI is InChI=1S/C26H26ClNO3/c1-4-17-9-11-18(12-10-17)26(29)28-14-13-19-15-23(30-2)24(31-3)16-21(19)25(28)20-7-5-6-8-22(20)27/h5-12,15-16,25H,4,13-14H2,1-3H3/t25-/m1/s1. The van der Waals surface area contributed by atoms with Gasteiger partial charge in [-0.2, -0.15) is 0 Å². The third-order valence-corrected chi connectivity index (χ3v) is 6.29. The first-order valence-corrected chi connectivity index (χ1v) is 10.8. The Labute approximate surface area is 188 Å². The normalized spacial score (nSPS) is 15.4. The van der Waals surface area contributed by atoms with E-state index in [-0.39, 0.29) is 11.9 Å². The number of benzene rings is 3. The highest BCUT2D eigenvalue weighted by atomic mass is 35.5. The SMILES string of the molecule is CCc1ccc(C(=O)N2CCc3cc(OC)c(OC)cc3[C@H]2c2ccccc2Cl)cc1. The van der Waals surface area contributed by atoms with Crippen LogP contribution < -0.4 is 9.47 Å². The van der Waals surface area contributed by atoms with Crippen molar-refractivity contribution in [1.29, 1.82) is 0 Å². The molecule has 31 heavy (non-hydrogen) atoms. The number of ether oxygens (including phenoxy) is 2. The summed E-state index contributed by atoms with van der Waals surface area (Å²) in [6, 6.07) is 19.2. The Hall–Kier alpha value is -2.98. The van der Waals surface area contributed by atoms with E-state index in [1.165, 1.54) is 5.56 Å². The number of methoxy groups -OCH3 is 2. The minimum Gasteiger partial charge on any atom is -0.493 e. The molecular formula is C26H26ClNO3. The summed E-state index contributed by atoms with van der Waals surface area (Å²) in [6.45, 7) is 2.69. The summed E-state index contributed by atoms with van der Waals surface area (Å²) in [5, 5.41) is 0.634. The van der Waals surface area contributed by atoms with E-state index in [0.717, 1.165) is 29.5 Å². The third-order valence-electron chi connectivity index (χ3n) is 5.94. The molecule has 3 aromatic carbocycles. The van der Waals surface area contributed by atoms with E-state index < -0.39 is 0 Å². The van der Waals surface area contributed by atoms with Crippen LogP contribution in [0, 0.1) is 0 Å². The minimum atomic E-state index is -0.310. The molecule has 1 aliphatic heterocycles. The van der Waals surface area contributed by atoms with Gasteiger partial charge in [-0.25, -0.2) is 0 Å². The van der Waals surface area contributed by atoms with E-state index in [0.29, 0.717) is 28.6 Å². The first kappa shape index (κ1) is 21.3. The lowest BCUT2D eigenvalue weighted by atomic mass is 9.87. The van der Waals surface area contributed by atoms with E-state index >= 15 is 0 Å². The molecule has 0 aliphatic carbocycles. The van der Waals surface area contributed by atoms with Crippen molar-refractivity contribution < 1.29 is 14.3 Å². The summed E-state index contributed by atoms with van der Waals surface area (Å²) in [5.74, 6) is 1.32. The molecule has 0 radical (unpaired) electrons. The lowest BCUT2D eigenvalue weighted by Gasteiger charge is -2.38. The van der Waals surface area contributed by atoms with Crippen LogP contribution in [0.3, 0.4) is 0 Å². The van der Waals surface area contributed by atoms with Gasteiger partial charge in [0.1, 0.15) is 0 Å². The number of carbonyl (C=O) groups excluding carboxylic acids is 1. The molecule has 5 heteroatoms. The molecule has 160 valence electrons. The average Bonchev–Trinajstić information content (AvgIpc) is 2.82. The Kier molecular flexibility index (Phi) is 6.19. The van der Waals surface area contributed by atoms with Crippen LogP contribution in [-0.4, -0.2) is 31.6 Å². The van der Waals surface area contributed by atoms with Crippen LogP contribution in [0.2, 0.25) is 5.02 Å². The number of amides is 1. The van der Waals surface area contributed by atoms with Crippen molar-refractivity contribution in [2.75, 3.05) is 20.8 Å². The fraction of sp³-hybridized carbons (Fsp3) is 0.269. The van der Waals surface area contributed by atoms with Gasteiger partial charge in [0, 0.05) is 17.1 Å². The maximum atomic E-state index is 13.6. The molecule has 0 saturated carbocycles. The van der Waals surface area contributed by atoms with E-state index in [1.54, 1.807) is 14.2 Å². The Balaban J connectivity index is 1.84. The predicted octanol–water partition coefficient (Wildman–Crippen LogP) is 5.71. The van der Waals surface area contributed by atoms with Crippen LogP contribution in [0.15, 0.2) is 60.7 Å². The van der Waals surface area contributed by atoms with Crippen LogP contribution in [0.5, 0.6) is 11.5 Å². The topological polar surface area (TPSA) is 38.8 Å². The molecule has 1 heterocycles. The predicted molar refractivity (Wildman–Crippen MR) is 123 cm³/mol. The number of aryl methyl sites for hydroxylation is 1. The van der Waals surface area contributed by atoms with Crippen molar-refractivity contribution in [2.45, 2.75) is 25.8 Å². The largest absolute Gasteiger partial charge is 0.493 e. The summed E-state index contributed by atoms with van der Waals surface area (Å²) in [5.41, 5.74) is 4.93. The molecule has 0 spiro atoms. The summed E-state index contributed by atoms with van der Waals surface area (Å²) in [7, 11) is 3.25. The summed E-state index contributed by atoms with van der Waals surface area (Å²) in [4.78, 5) is 15.5. The van der Waals surface area contributed by atoms with Gasteiger partial charge < -0.3 is 14.4 Å². The van der Waals surface area contributed by atoms with Crippen molar-refractivity contribution >= 4 is 17.5 Å². The monoisotopic (exact) mass is 435 g/mol. The highest BCUT2D eigenvalue weighted by Crippen LogP contribution is 2.43. The highest BCUT2D eigenvalue weighted by Gasteiger charge is 2.34. The molecule has 1 amide bonds. The molecule has 4 rings (SSSR count). The van der Waals surface area contributed by atoms with Gasteiger partial charge in [-0.15, -0.1) is 0 Å². The van der Waals surface area contributed by atoms with E-state index in [4.69, 9.17) is 21.1 Å². The summed E-state index contributed by atoms with van der Waals surface area (Å²) in [6.07, 6.45) is 1.67. The lowest BCUT2D eigenvalue weighted by molar-refractivity contribution is 0.0694. The molecule has 0 fully saturated rings. The fourth-order valence-corrected chi connectivity index (χ4v) is 4.48. The average molecular weight is 436 g/mol. The van der Waals surface area contributed by atoms with Crippen LogP contribution in [0.4, 0.5) is 0 Å². The zero-order chi connectivity index (χ0) is 22.0. The van der Waals surface area contributed by atoms with Crippen LogP contribution in [0.25, 0.3) is 0 Å². The second kappa shape index (κ2) is 9.03. The Bertz CT molecular complexity index is 1090. The molecule has 0 unspecified atom stereocenters. The number of hydrogen-bond acceptors (Lipinski definition) is 3. The Morgan fingerprint density at radius 3 is 2.32 bits per heavy atom. The van der Waals surface area contributed by atoms with Crippen molar-refractivity contribution in [3.05, 3.63) is 93.5 Å². The number of fused-ring (bicyclic) bond motifs is 1. The zero-order valence-electron chi connectivity index (χ0n) is 18.0. The first-order chi connectivity index (χ1) is 15.1. The zero-order valence-corrected chi connectivity index (χ0v) is 18.8. The van der Waals surface area contributed by atoms with Crippen LogP contribution in [0.1, 0.15) is 45.6 Å². The van der Waals surface area contributed by atoms with Crippen molar-refractivity contribution in [1.82, 2.24) is 4.90 Å². The molecule has 0 aromatic heterocycles. The molecular weight excluding hydrogens is 410 g/mol. The maximum Gasteiger partial charge on any atom is 0.254 e. The van der Waals surface area contributed by atoms with Gasteiger partial charge >= 0.3 is 0 Å². The number of rotatable bonds is 5.